The molecule has 7 nitrogen and oxygen atoms in total. The molecule has 3 rings (SSSR count). The number of rotatable bonds is 6. The first-order chi connectivity index (χ1) is 13.3. The molecular formula is C20H23N3O4S. The fourth-order valence-electron chi connectivity index (χ4n) is 3.16. The molecule has 1 amide bonds. The van der Waals surface area contributed by atoms with Crippen LogP contribution in [0.1, 0.15) is 37.4 Å². The second-order valence-electron chi connectivity index (χ2n) is 6.59. The number of carbonyl (C=O) groups excluding carboxylic acids is 1. The van der Waals surface area contributed by atoms with Gasteiger partial charge in [-0.05, 0) is 42.3 Å². The van der Waals surface area contributed by atoms with E-state index in [4.69, 9.17) is 4.74 Å². The van der Waals surface area contributed by atoms with E-state index in [0.29, 0.717) is 18.7 Å². The highest BCUT2D eigenvalue weighted by Gasteiger charge is 2.31. The highest BCUT2D eigenvalue weighted by atomic mass is 32.2. The molecular weight excluding hydrogens is 378 g/mol. The van der Waals surface area contributed by atoms with Crippen LogP contribution in [-0.4, -0.2) is 37.9 Å². The number of hydrogen-bond donors (Lipinski definition) is 1. The van der Waals surface area contributed by atoms with Crippen molar-refractivity contribution in [3.63, 3.8) is 0 Å². The molecule has 0 saturated heterocycles. The molecule has 0 aromatic heterocycles. The fraction of sp³-hybridized carbons (Fsp3) is 0.300. The number of hydrazone groups is 1. The first-order valence-electron chi connectivity index (χ1n) is 8.95. The smallest absolute Gasteiger partial charge is 0.240 e. The van der Waals surface area contributed by atoms with Gasteiger partial charge in [-0.2, -0.15) is 5.10 Å². The second-order valence-corrected chi connectivity index (χ2v) is 8.34. The average Bonchev–Trinajstić information content (AvgIpc) is 3.07. The minimum Gasteiger partial charge on any atom is -0.494 e. The van der Waals surface area contributed by atoms with E-state index in [2.05, 4.69) is 9.82 Å². The second kappa shape index (κ2) is 8.02. The van der Waals surface area contributed by atoms with Crippen molar-refractivity contribution in [2.75, 3.05) is 17.6 Å². The molecule has 0 radical (unpaired) electrons. The Hall–Kier alpha value is -2.87. The Bertz CT molecular complexity index is 1000. The van der Waals surface area contributed by atoms with Gasteiger partial charge in [0.25, 0.3) is 0 Å². The van der Waals surface area contributed by atoms with Crippen LogP contribution < -0.4 is 9.46 Å². The lowest BCUT2D eigenvalue weighted by molar-refractivity contribution is -0.130. The molecule has 1 aliphatic heterocycles. The van der Waals surface area contributed by atoms with E-state index in [9.17, 15) is 13.2 Å². The Balaban J connectivity index is 1.87. The molecule has 2 aromatic carbocycles. The van der Waals surface area contributed by atoms with Gasteiger partial charge in [-0.25, -0.2) is 13.4 Å². The minimum absolute atomic E-state index is 0.153. The number of nitrogens with zero attached hydrogens (tertiary/aromatic N) is 2. The maximum absolute atomic E-state index is 12.1. The Morgan fingerprint density at radius 3 is 2.57 bits per heavy atom. The molecule has 2 aromatic rings. The average molecular weight is 401 g/mol. The van der Waals surface area contributed by atoms with Crippen molar-refractivity contribution in [3.05, 3.63) is 59.7 Å². The highest BCUT2D eigenvalue weighted by molar-refractivity contribution is 7.92. The molecule has 1 N–H and O–H groups in total. The third-order valence-electron chi connectivity index (χ3n) is 4.31. The SMILES string of the molecule is CCOc1ccc([C@@H]2CC(c3cccc(NS(C)(=O)=O)c3)=NN2C(C)=O)cc1. The van der Waals surface area contributed by atoms with Gasteiger partial charge in [0.2, 0.25) is 15.9 Å². The zero-order valence-corrected chi connectivity index (χ0v) is 16.9. The van der Waals surface area contributed by atoms with Gasteiger partial charge in [0.15, 0.2) is 0 Å². The van der Waals surface area contributed by atoms with Crippen molar-refractivity contribution < 1.29 is 17.9 Å². The van der Waals surface area contributed by atoms with Gasteiger partial charge in [-0.15, -0.1) is 0 Å². The van der Waals surface area contributed by atoms with Crippen LogP contribution in [0.4, 0.5) is 5.69 Å². The quantitative estimate of drug-likeness (QED) is 0.805. The van der Waals surface area contributed by atoms with Gasteiger partial charge in [0.1, 0.15) is 5.75 Å². The lowest BCUT2D eigenvalue weighted by Gasteiger charge is -2.20. The minimum atomic E-state index is -3.37. The fourth-order valence-corrected chi connectivity index (χ4v) is 3.72. The number of anilines is 1. The van der Waals surface area contributed by atoms with Crippen LogP contribution in [0.2, 0.25) is 0 Å². The van der Waals surface area contributed by atoms with Crippen molar-refractivity contribution in [3.8, 4) is 5.75 Å². The first kappa shape index (κ1) is 19.9. The topological polar surface area (TPSA) is 88.1 Å². The van der Waals surface area contributed by atoms with E-state index in [0.717, 1.165) is 28.8 Å². The van der Waals surface area contributed by atoms with E-state index in [1.165, 1.54) is 11.9 Å². The molecule has 1 aliphatic rings. The standard InChI is InChI=1S/C20H23N3O4S/c1-4-27-18-10-8-15(9-11-18)20-13-19(21-23(20)14(2)24)16-6-5-7-17(12-16)22-28(3,25)26/h5-12,20,22H,4,13H2,1-3H3/t20-/m0/s1. The molecule has 0 spiro atoms. The summed E-state index contributed by atoms with van der Waals surface area (Å²) in [6.07, 6.45) is 1.64. The molecule has 148 valence electrons. The maximum Gasteiger partial charge on any atom is 0.240 e. The molecule has 1 atom stereocenters. The van der Waals surface area contributed by atoms with Crippen LogP contribution in [0.15, 0.2) is 53.6 Å². The van der Waals surface area contributed by atoms with Crippen LogP contribution in [0.25, 0.3) is 0 Å². The van der Waals surface area contributed by atoms with E-state index >= 15 is 0 Å². The molecule has 0 unspecified atom stereocenters. The number of hydrogen-bond acceptors (Lipinski definition) is 5. The summed E-state index contributed by atoms with van der Waals surface area (Å²) >= 11 is 0. The third kappa shape index (κ3) is 4.69. The summed E-state index contributed by atoms with van der Waals surface area (Å²) in [4.78, 5) is 12.1. The monoisotopic (exact) mass is 401 g/mol. The third-order valence-corrected chi connectivity index (χ3v) is 4.91. The van der Waals surface area contributed by atoms with Crippen molar-refractivity contribution in [1.82, 2.24) is 5.01 Å². The summed E-state index contributed by atoms with van der Waals surface area (Å²) in [7, 11) is -3.37. The van der Waals surface area contributed by atoms with Gasteiger partial charge in [-0.3, -0.25) is 9.52 Å². The van der Waals surface area contributed by atoms with Gasteiger partial charge >= 0.3 is 0 Å². The Kier molecular flexibility index (Phi) is 5.69. The lowest BCUT2D eigenvalue weighted by atomic mass is 9.98. The van der Waals surface area contributed by atoms with Gasteiger partial charge < -0.3 is 4.74 Å². The number of benzene rings is 2. The Morgan fingerprint density at radius 2 is 1.96 bits per heavy atom. The molecule has 0 bridgehead atoms. The molecule has 0 aliphatic carbocycles. The molecule has 28 heavy (non-hydrogen) atoms. The van der Waals surface area contributed by atoms with Crippen LogP contribution in [0.5, 0.6) is 5.75 Å². The van der Waals surface area contributed by atoms with E-state index in [1.54, 1.807) is 18.2 Å². The number of amides is 1. The summed E-state index contributed by atoms with van der Waals surface area (Å²) in [5.74, 6) is 0.624. The summed E-state index contributed by atoms with van der Waals surface area (Å²) in [5.41, 5.74) is 2.92. The summed E-state index contributed by atoms with van der Waals surface area (Å²) in [6, 6.07) is 14.4. The molecule has 0 saturated carbocycles. The largest absolute Gasteiger partial charge is 0.494 e. The van der Waals surface area contributed by atoms with Gasteiger partial charge in [-0.1, -0.05) is 24.3 Å². The van der Waals surface area contributed by atoms with Crippen LogP contribution in [0, 0.1) is 0 Å². The van der Waals surface area contributed by atoms with Crippen molar-refractivity contribution in [2.45, 2.75) is 26.3 Å². The molecule has 0 fully saturated rings. The van der Waals surface area contributed by atoms with Crippen LogP contribution in [-0.2, 0) is 14.8 Å². The van der Waals surface area contributed by atoms with Gasteiger partial charge in [0.05, 0.1) is 24.6 Å². The normalized spacial score (nSPS) is 16.6. The van der Waals surface area contributed by atoms with E-state index in [-0.39, 0.29) is 11.9 Å². The Labute approximate surface area is 165 Å². The number of ether oxygens (including phenoxy) is 1. The molecule has 8 heteroatoms. The van der Waals surface area contributed by atoms with Crippen LogP contribution in [0.3, 0.4) is 0 Å². The van der Waals surface area contributed by atoms with Crippen molar-refractivity contribution in [1.29, 1.82) is 0 Å². The van der Waals surface area contributed by atoms with E-state index < -0.39 is 10.0 Å². The first-order valence-corrected chi connectivity index (χ1v) is 10.8. The zero-order chi connectivity index (χ0) is 20.3. The maximum atomic E-state index is 12.1. The molecule has 1 heterocycles. The van der Waals surface area contributed by atoms with E-state index in [1.807, 2.05) is 37.3 Å². The predicted octanol–water partition coefficient (Wildman–Crippen LogP) is 3.15. The number of nitrogens with one attached hydrogen (secondary N) is 1. The van der Waals surface area contributed by atoms with Gasteiger partial charge in [0, 0.05) is 19.0 Å². The van der Waals surface area contributed by atoms with Crippen molar-refractivity contribution >= 4 is 27.3 Å². The number of sulfonamides is 1. The van der Waals surface area contributed by atoms with Crippen LogP contribution >= 0.6 is 0 Å². The zero-order valence-electron chi connectivity index (χ0n) is 16.0. The predicted molar refractivity (Wildman–Crippen MR) is 109 cm³/mol. The summed E-state index contributed by atoms with van der Waals surface area (Å²) < 4.78 is 30.9. The Morgan fingerprint density at radius 1 is 1.25 bits per heavy atom. The summed E-state index contributed by atoms with van der Waals surface area (Å²) in [6.45, 7) is 4.00. The lowest BCUT2D eigenvalue weighted by Crippen LogP contribution is -2.24. The summed E-state index contributed by atoms with van der Waals surface area (Å²) in [5, 5.41) is 5.98. The highest BCUT2D eigenvalue weighted by Crippen LogP contribution is 2.34. The van der Waals surface area contributed by atoms with Crippen molar-refractivity contribution in [2.24, 2.45) is 5.10 Å². The number of carbonyl (C=O) groups is 1.